The summed E-state index contributed by atoms with van der Waals surface area (Å²) in [4.78, 5) is 3.75. The summed E-state index contributed by atoms with van der Waals surface area (Å²) in [6.07, 6.45) is -0.226. The van der Waals surface area contributed by atoms with Gasteiger partial charge in [-0.25, -0.2) is 4.98 Å². The second-order valence-corrected chi connectivity index (χ2v) is 7.28. The van der Waals surface area contributed by atoms with Crippen LogP contribution in [-0.2, 0) is 11.8 Å². The molecule has 0 aliphatic carbocycles. The number of thioether (sulfide) groups is 1. The minimum atomic E-state index is -4.55. The molecule has 1 aromatic rings. The lowest BCUT2D eigenvalue weighted by molar-refractivity contribution is -0.139. The van der Waals surface area contributed by atoms with Gasteiger partial charge in [0.2, 0.25) is 5.88 Å². The lowest BCUT2D eigenvalue weighted by atomic mass is 9.86. The van der Waals surface area contributed by atoms with Gasteiger partial charge in [-0.3, -0.25) is 0 Å². The summed E-state index contributed by atoms with van der Waals surface area (Å²) in [5.41, 5.74) is -1.90. The molecule has 3 heterocycles. The van der Waals surface area contributed by atoms with E-state index in [1.54, 1.807) is 0 Å². The number of rotatable bonds is 2. The predicted octanol–water partition coefficient (Wildman–Crippen LogP) is 3.35. The zero-order valence-electron chi connectivity index (χ0n) is 11.5. The number of hydrogen-bond donors (Lipinski definition) is 1. The molecule has 21 heavy (non-hydrogen) atoms. The lowest BCUT2D eigenvalue weighted by Gasteiger charge is -2.36. The first-order chi connectivity index (χ1) is 9.82. The van der Waals surface area contributed by atoms with Crippen molar-refractivity contribution < 1.29 is 23.0 Å². The molecular formula is C14H16F3NO2S. The van der Waals surface area contributed by atoms with E-state index >= 15 is 0 Å². The van der Waals surface area contributed by atoms with Crippen molar-refractivity contribution in [3.8, 4) is 5.88 Å². The molecule has 2 atom stereocenters. The van der Waals surface area contributed by atoms with Crippen molar-refractivity contribution in [3.63, 3.8) is 0 Å². The molecule has 0 amide bonds. The van der Waals surface area contributed by atoms with Gasteiger partial charge < -0.3 is 9.84 Å². The predicted molar refractivity (Wildman–Crippen MR) is 73.3 cm³/mol. The van der Waals surface area contributed by atoms with Gasteiger partial charge in [-0.05, 0) is 31.7 Å². The molecule has 0 spiro atoms. The molecule has 2 bridgehead atoms. The number of pyridine rings is 1. The normalized spacial score (nSPS) is 32.2. The fraction of sp³-hybridized carbons (Fsp3) is 0.643. The Hall–Kier alpha value is -0.950. The summed E-state index contributed by atoms with van der Waals surface area (Å²) in [5, 5.41) is 11.5. The van der Waals surface area contributed by atoms with Gasteiger partial charge in [-0.2, -0.15) is 24.9 Å². The van der Waals surface area contributed by atoms with Crippen LogP contribution >= 0.6 is 11.8 Å². The monoisotopic (exact) mass is 319 g/mol. The van der Waals surface area contributed by atoms with Gasteiger partial charge in [0.15, 0.2) is 0 Å². The lowest BCUT2D eigenvalue weighted by Crippen LogP contribution is -2.35. The minimum Gasteiger partial charge on any atom is -0.481 e. The Balaban J connectivity index is 1.99. The standard InChI is InChI=1S/C14H16F3NO2S/c1-20-12-11(14(15,16)17)4-8(7-18-12)13(19)5-9-2-3-10(6-13)21-9/h4,7,9-10,19H,2-3,5-6H2,1H3. The average Bonchev–Trinajstić information content (AvgIpc) is 2.77. The fourth-order valence-electron chi connectivity index (χ4n) is 3.23. The second-order valence-electron chi connectivity index (χ2n) is 5.68. The Morgan fingerprint density at radius 2 is 1.95 bits per heavy atom. The molecule has 2 aliphatic heterocycles. The second kappa shape index (κ2) is 5.05. The largest absolute Gasteiger partial charge is 0.481 e. The van der Waals surface area contributed by atoms with Crippen LogP contribution in [0.1, 0.15) is 36.8 Å². The molecule has 7 heteroatoms. The van der Waals surface area contributed by atoms with Crippen LogP contribution in [0, 0.1) is 0 Å². The molecule has 2 saturated heterocycles. The first-order valence-corrected chi connectivity index (χ1v) is 7.76. The number of hydrogen-bond acceptors (Lipinski definition) is 4. The van der Waals surface area contributed by atoms with Gasteiger partial charge in [0.1, 0.15) is 5.56 Å². The third-order valence-electron chi connectivity index (χ3n) is 4.21. The molecule has 0 aromatic carbocycles. The van der Waals surface area contributed by atoms with E-state index in [2.05, 4.69) is 9.72 Å². The maximum absolute atomic E-state index is 13.1. The molecule has 2 aliphatic rings. The molecular weight excluding hydrogens is 303 g/mol. The Morgan fingerprint density at radius 3 is 2.48 bits per heavy atom. The Kier molecular flexibility index (Phi) is 3.60. The first-order valence-electron chi connectivity index (χ1n) is 6.81. The van der Waals surface area contributed by atoms with Crippen LogP contribution in [0.5, 0.6) is 5.88 Å². The van der Waals surface area contributed by atoms with Crippen LogP contribution in [0.3, 0.4) is 0 Å². The SMILES string of the molecule is COc1ncc(C2(O)CC3CCC(C2)S3)cc1C(F)(F)F. The molecule has 116 valence electrons. The van der Waals surface area contributed by atoms with Crippen molar-refractivity contribution in [2.75, 3.05) is 7.11 Å². The molecule has 3 nitrogen and oxygen atoms in total. The van der Waals surface area contributed by atoms with Crippen molar-refractivity contribution in [2.24, 2.45) is 0 Å². The maximum Gasteiger partial charge on any atom is 0.421 e. The Labute approximate surface area is 124 Å². The van der Waals surface area contributed by atoms with Crippen LogP contribution < -0.4 is 4.74 Å². The number of fused-ring (bicyclic) bond motifs is 2. The third-order valence-corrected chi connectivity index (χ3v) is 5.79. The molecule has 3 rings (SSSR count). The van der Waals surface area contributed by atoms with E-state index in [1.165, 1.54) is 6.20 Å². The highest BCUT2D eigenvalue weighted by molar-refractivity contribution is 8.00. The number of ether oxygens (including phenoxy) is 1. The number of aliphatic hydroxyl groups is 1. The van der Waals surface area contributed by atoms with Crippen LogP contribution in [-0.4, -0.2) is 27.7 Å². The van der Waals surface area contributed by atoms with E-state index in [0.29, 0.717) is 23.3 Å². The molecule has 1 N–H and O–H groups in total. The summed E-state index contributed by atoms with van der Waals surface area (Å²) in [6.45, 7) is 0. The van der Waals surface area contributed by atoms with Crippen LogP contribution in [0.25, 0.3) is 0 Å². The van der Waals surface area contributed by atoms with Crippen LogP contribution in [0.4, 0.5) is 13.2 Å². The number of halogens is 3. The Bertz CT molecular complexity index is 538. The van der Waals surface area contributed by atoms with Gasteiger partial charge in [0.25, 0.3) is 0 Å². The fourth-order valence-corrected chi connectivity index (χ4v) is 5.06. The van der Waals surface area contributed by atoms with E-state index in [4.69, 9.17) is 0 Å². The van der Waals surface area contributed by atoms with Crippen molar-refractivity contribution in [3.05, 3.63) is 23.4 Å². The zero-order chi connectivity index (χ0) is 15.3. The molecule has 1 aromatic heterocycles. The van der Waals surface area contributed by atoms with Crippen LogP contribution in [0.15, 0.2) is 12.3 Å². The van der Waals surface area contributed by atoms with Gasteiger partial charge in [0, 0.05) is 22.3 Å². The molecule has 0 radical (unpaired) electrons. The number of nitrogens with zero attached hydrogens (tertiary/aromatic N) is 1. The van der Waals surface area contributed by atoms with Crippen LogP contribution in [0.2, 0.25) is 0 Å². The van der Waals surface area contributed by atoms with E-state index < -0.39 is 23.2 Å². The molecule has 2 unspecified atom stereocenters. The molecule has 0 saturated carbocycles. The van der Waals surface area contributed by atoms with E-state index in [0.717, 1.165) is 26.0 Å². The summed E-state index contributed by atoms with van der Waals surface area (Å²) in [5.74, 6) is -0.456. The number of methoxy groups -OCH3 is 1. The maximum atomic E-state index is 13.1. The quantitative estimate of drug-likeness (QED) is 0.908. The van der Waals surface area contributed by atoms with E-state index in [-0.39, 0.29) is 5.56 Å². The van der Waals surface area contributed by atoms with E-state index in [9.17, 15) is 18.3 Å². The van der Waals surface area contributed by atoms with Crippen molar-refractivity contribution in [1.29, 1.82) is 0 Å². The highest BCUT2D eigenvalue weighted by Gasteiger charge is 2.46. The summed E-state index contributed by atoms with van der Waals surface area (Å²) >= 11 is 1.84. The summed E-state index contributed by atoms with van der Waals surface area (Å²) < 4.78 is 43.9. The molecule has 2 fully saturated rings. The van der Waals surface area contributed by atoms with Gasteiger partial charge >= 0.3 is 6.18 Å². The minimum absolute atomic E-state index is 0.243. The topological polar surface area (TPSA) is 42.4 Å². The summed E-state index contributed by atoms with van der Waals surface area (Å²) in [6, 6.07) is 0.987. The van der Waals surface area contributed by atoms with Gasteiger partial charge in [-0.1, -0.05) is 0 Å². The van der Waals surface area contributed by atoms with Gasteiger partial charge in [0.05, 0.1) is 12.7 Å². The zero-order valence-corrected chi connectivity index (χ0v) is 12.3. The highest BCUT2D eigenvalue weighted by Crippen LogP contribution is 2.51. The highest BCUT2D eigenvalue weighted by atomic mass is 32.2. The first kappa shape index (κ1) is 15.0. The smallest absolute Gasteiger partial charge is 0.421 e. The summed E-state index contributed by atoms with van der Waals surface area (Å²) in [7, 11) is 1.16. The third kappa shape index (κ3) is 2.73. The number of aromatic nitrogens is 1. The average molecular weight is 319 g/mol. The Morgan fingerprint density at radius 1 is 1.33 bits per heavy atom. The van der Waals surface area contributed by atoms with Crippen molar-refractivity contribution >= 4 is 11.8 Å². The van der Waals surface area contributed by atoms with Crippen molar-refractivity contribution in [1.82, 2.24) is 4.98 Å². The number of alkyl halides is 3. The van der Waals surface area contributed by atoms with Gasteiger partial charge in [-0.15, -0.1) is 0 Å². The van der Waals surface area contributed by atoms with E-state index in [1.807, 2.05) is 11.8 Å². The van der Waals surface area contributed by atoms with Crippen molar-refractivity contribution in [2.45, 2.75) is 48.0 Å².